The van der Waals surface area contributed by atoms with E-state index in [1.54, 1.807) is 0 Å². The summed E-state index contributed by atoms with van der Waals surface area (Å²) in [5, 5.41) is 6.92. The highest BCUT2D eigenvalue weighted by Crippen LogP contribution is 2.30. The molecule has 0 radical (unpaired) electrons. The summed E-state index contributed by atoms with van der Waals surface area (Å²) in [7, 11) is 0. The standard InChI is InChI=1S/C23H28ClN3O3/c24-18-6-2-1-5-17(18)14-26-23(30)16-9-7-15(8-10-16)13-25-19-20(22(29)21(19)28)27-11-3-4-12-27/h1-2,5-6,15-16,25H,3-4,7-14H2,(H,26,30). The van der Waals surface area contributed by atoms with E-state index in [0.717, 1.165) is 57.2 Å². The molecule has 2 aromatic rings. The van der Waals surface area contributed by atoms with Gasteiger partial charge in [0.1, 0.15) is 11.4 Å². The van der Waals surface area contributed by atoms with Crippen molar-refractivity contribution in [3.63, 3.8) is 0 Å². The molecule has 1 heterocycles. The minimum atomic E-state index is -0.385. The van der Waals surface area contributed by atoms with E-state index in [0.29, 0.717) is 35.4 Å². The summed E-state index contributed by atoms with van der Waals surface area (Å²) in [4.78, 5) is 38.5. The van der Waals surface area contributed by atoms with E-state index < -0.39 is 0 Å². The van der Waals surface area contributed by atoms with Crippen molar-refractivity contribution in [1.82, 2.24) is 5.32 Å². The lowest BCUT2D eigenvalue weighted by Crippen LogP contribution is -2.42. The lowest BCUT2D eigenvalue weighted by Gasteiger charge is -2.29. The van der Waals surface area contributed by atoms with Gasteiger partial charge in [-0.15, -0.1) is 0 Å². The summed E-state index contributed by atoms with van der Waals surface area (Å²) in [6.45, 7) is 2.84. The normalized spacial score (nSPS) is 21.7. The first-order valence-electron chi connectivity index (χ1n) is 10.9. The van der Waals surface area contributed by atoms with Crippen LogP contribution in [0.4, 0.5) is 11.4 Å². The molecule has 1 aliphatic carbocycles. The van der Waals surface area contributed by atoms with Crippen LogP contribution in [0.2, 0.25) is 5.02 Å². The summed E-state index contributed by atoms with van der Waals surface area (Å²) >= 11 is 6.15. The highest BCUT2D eigenvalue weighted by molar-refractivity contribution is 6.31. The lowest BCUT2D eigenvalue weighted by atomic mass is 9.81. The van der Waals surface area contributed by atoms with Gasteiger partial charge in [-0.2, -0.15) is 0 Å². The largest absolute Gasteiger partial charge is 0.380 e. The number of carbonyl (C=O) groups is 1. The highest BCUT2D eigenvalue weighted by Gasteiger charge is 2.30. The van der Waals surface area contributed by atoms with Crippen molar-refractivity contribution in [2.24, 2.45) is 11.8 Å². The van der Waals surface area contributed by atoms with Gasteiger partial charge in [-0.25, -0.2) is 0 Å². The molecule has 0 bridgehead atoms. The number of rotatable bonds is 7. The molecule has 30 heavy (non-hydrogen) atoms. The van der Waals surface area contributed by atoms with Gasteiger partial charge in [0.05, 0.1) is 0 Å². The van der Waals surface area contributed by atoms with Gasteiger partial charge < -0.3 is 15.5 Å². The smallest absolute Gasteiger partial charge is 0.253 e. The maximum absolute atomic E-state index is 12.5. The van der Waals surface area contributed by atoms with Crippen LogP contribution in [0.5, 0.6) is 0 Å². The van der Waals surface area contributed by atoms with Crippen molar-refractivity contribution >= 4 is 28.9 Å². The second-order valence-electron chi connectivity index (χ2n) is 8.48. The number of amides is 1. The average molecular weight is 430 g/mol. The number of carbonyl (C=O) groups excluding carboxylic acids is 1. The van der Waals surface area contributed by atoms with Crippen LogP contribution in [0.15, 0.2) is 33.9 Å². The third kappa shape index (κ3) is 4.38. The number of anilines is 2. The topological polar surface area (TPSA) is 78.5 Å². The molecule has 0 unspecified atom stereocenters. The Bertz CT molecular complexity index is 968. The molecule has 1 amide bonds. The van der Waals surface area contributed by atoms with Crippen LogP contribution in [-0.2, 0) is 11.3 Å². The Morgan fingerprint density at radius 1 is 1.03 bits per heavy atom. The second kappa shape index (κ2) is 9.21. The first-order chi connectivity index (χ1) is 14.5. The summed E-state index contributed by atoms with van der Waals surface area (Å²) in [5.74, 6) is 0.517. The molecular weight excluding hydrogens is 402 g/mol. The van der Waals surface area contributed by atoms with E-state index in [2.05, 4.69) is 10.6 Å². The van der Waals surface area contributed by atoms with Crippen LogP contribution < -0.4 is 26.4 Å². The van der Waals surface area contributed by atoms with E-state index in [1.807, 2.05) is 29.2 Å². The Labute approximate surface area is 181 Å². The van der Waals surface area contributed by atoms with Gasteiger partial charge >= 0.3 is 0 Å². The monoisotopic (exact) mass is 429 g/mol. The third-order valence-electron chi connectivity index (χ3n) is 6.50. The maximum atomic E-state index is 12.5. The Morgan fingerprint density at radius 2 is 1.73 bits per heavy atom. The molecule has 0 spiro atoms. The molecule has 2 fully saturated rings. The maximum Gasteiger partial charge on any atom is 0.253 e. The Kier molecular flexibility index (Phi) is 6.42. The van der Waals surface area contributed by atoms with Crippen LogP contribution in [0, 0.1) is 11.8 Å². The van der Waals surface area contributed by atoms with E-state index in [9.17, 15) is 14.4 Å². The number of nitrogens with one attached hydrogen (secondary N) is 2. The van der Waals surface area contributed by atoms with Crippen LogP contribution in [0.25, 0.3) is 0 Å². The summed E-state index contributed by atoms with van der Waals surface area (Å²) in [6.07, 6.45) is 5.69. The van der Waals surface area contributed by atoms with Gasteiger partial charge in [0.15, 0.2) is 0 Å². The van der Waals surface area contributed by atoms with Crippen molar-refractivity contribution in [3.05, 3.63) is 55.3 Å². The zero-order valence-electron chi connectivity index (χ0n) is 17.1. The lowest BCUT2D eigenvalue weighted by molar-refractivity contribution is -0.126. The minimum Gasteiger partial charge on any atom is -0.380 e. The van der Waals surface area contributed by atoms with Gasteiger partial charge in [-0.05, 0) is 56.1 Å². The zero-order chi connectivity index (χ0) is 21.1. The minimum absolute atomic E-state index is 0.0232. The summed E-state index contributed by atoms with van der Waals surface area (Å²) in [5.41, 5.74) is 1.28. The fraction of sp³-hybridized carbons (Fsp3) is 0.522. The molecule has 2 N–H and O–H groups in total. The van der Waals surface area contributed by atoms with Gasteiger partial charge in [-0.1, -0.05) is 29.8 Å². The van der Waals surface area contributed by atoms with Gasteiger partial charge in [0.2, 0.25) is 5.91 Å². The second-order valence-corrected chi connectivity index (χ2v) is 8.89. The fourth-order valence-electron chi connectivity index (χ4n) is 4.63. The third-order valence-corrected chi connectivity index (χ3v) is 6.87. The highest BCUT2D eigenvalue weighted by atomic mass is 35.5. The molecule has 4 rings (SSSR count). The number of benzene rings is 1. The molecule has 2 aliphatic rings. The molecule has 1 saturated carbocycles. The van der Waals surface area contributed by atoms with Crippen molar-refractivity contribution in [3.8, 4) is 0 Å². The van der Waals surface area contributed by atoms with E-state index in [4.69, 9.17) is 11.6 Å². The Hall–Kier alpha value is -2.34. The molecule has 7 heteroatoms. The number of hydrogen-bond donors (Lipinski definition) is 2. The predicted octanol–water partition coefficient (Wildman–Crippen LogP) is 3.07. The first kappa shape index (κ1) is 20.9. The van der Waals surface area contributed by atoms with Crippen LogP contribution >= 0.6 is 11.6 Å². The molecule has 0 atom stereocenters. The van der Waals surface area contributed by atoms with E-state index in [-0.39, 0.29) is 22.7 Å². The van der Waals surface area contributed by atoms with Crippen LogP contribution in [-0.4, -0.2) is 25.5 Å². The van der Waals surface area contributed by atoms with Crippen LogP contribution in [0.3, 0.4) is 0 Å². The first-order valence-corrected chi connectivity index (χ1v) is 11.3. The van der Waals surface area contributed by atoms with Crippen molar-refractivity contribution < 1.29 is 4.79 Å². The fourth-order valence-corrected chi connectivity index (χ4v) is 4.83. The quantitative estimate of drug-likeness (QED) is 0.661. The zero-order valence-corrected chi connectivity index (χ0v) is 17.8. The average Bonchev–Trinajstić information content (AvgIpc) is 3.29. The number of halogens is 1. The van der Waals surface area contributed by atoms with Gasteiger partial charge in [0.25, 0.3) is 10.9 Å². The Morgan fingerprint density at radius 3 is 2.43 bits per heavy atom. The molecule has 1 aliphatic heterocycles. The molecule has 2 aromatic carbocycles. The van der Waals surface area contributed by atoms with Gasteiger partial charge in [-0.3, -0.25) is 14.4 Å². The number of hydrogen-bond acceptors (Lipinski definition) is 5. The molecular formula is C23H28ClN3O3. The van der Waals surface area contributed by atoms with Crippen molar-refractivity contribution in [2.75, 3.05) is 29.9 Å². The number of nitrogens with zero attached hydrogens (tertiary/aromatic N) is 1. The Balaban J connectivity index is 1.23. The SMILES string of the molecule is O=C(NCc1ccccc1Cl)C1CCC(CNc2c(N3CCCC3)c(=O)c2=O)CC1. The molecule has 1 saturated heterocycles. The summed E-state index contributed by atoms with van der Waals surface area (Å²) in [6, 6.07) is 7.53. The molecule has 160 valence electrons. The van der Waals surface area contributed by atoms with Crippen LogP contribution in [0.1, 0.15) is 44.1 Å². The van der Waals surface area contributed by atoms with Gasteiger partial charge in [0, 0.05) is 37.1 Å². The summed E-state index contributed by atoms with van der Waals surface area (Å²) < 4.78 is 0. The predicted molar refractivity (Wildman–Crippen MR) is 120 cm³/mol. The van der Waals surface area contributed by atoms with E-state index in [1.165, 1.54) is 0 Å². The van der Waals surface area contributed by atoms with Crippen molar-refractivity contribution in [2.45, 2.75) is 45.1 Å². The molecule has 6 nitrogen and oxygen atoms in total. The van der Waals surface area contributed by atoms with E-state index >= 15 is 0 Å². The molecule has 0 aromatic heterocycles. The van der Waals surface area contributed by atoms with Crippen molar-refractivity contribution in [1.29, 1.82) is 0 Å².